The molecule has 0 bridgehead atoms. The van der Waals surface area contributed by atoms with Crippen LogP contribution in [-0.2, 0) is 11.8 Å². The predicted octanol–water partition coefficient (Wildman–Crippen LogP) is 3.35. The second-order valence-corrected chi connectivity index (χ2v) is 7.61. The van der Waals surface area contributed by atoms with E-state index >= 15 is 0 Å². The molecule has 3 rings (SSSR count). The first-order valence-corrected chi connectivity index (χ1v) is 10.2. The lowest BCUT2D eigenvalue weighted by Gasteiger charge is -2.13. The van der Waals surface area contributed by atoms with Crippen molar-refractivity contribution in [3.8, 4) is 0 Å². The van der Waals surface area contributed by atoms with Crippen LogP contribution in [0.3, 0.4) is 0 Å². The third-order valence-corrected chi connectivity index (χ3v) is 5.29. The average Bonchev–Trinajstić information content (AvgIpc) is 3.07. The van der Waals surface area contributed by atoms with Crippen molar-refractivity contribution in [2.45, 2.75) is 25.0 Å². The third kappa shape index (κ3) is 5.45. The molecule has 0 unspecified atom stereocenters. The fraction of sp³-hybridized carbons (Fsp3) is 0.238. The summed E-state index contributed by atoms with van der Waals surface area (Å²) in [7, 11) is 1.82. The molecule has 0 aliphatic carbocycles. The number of carbonyl (C=O) groups excluding carboxylic acids is 2. The van der Waals surface area contributed by atoms with Gasteiger partial charge in [0.1, 0.15) is 0 Å². The number of aryl methyl sites for hydroxylation is 1. The Labute approximate surface area is 173 Å². The molecule has 0 aliphatic heterocycles. The highest BCUT2D eigenvalue weighted by molar-refractivity contribution is 7.99. The van der Waals surface area contributed by atoms with Crippen molar-refractivity contribution in [2.24, 2.45) is 7.05 Å². The first kappa shape index (κ1) is 20.6. The molecule has 2 amide bonds. The minimum absolute atomic E-state index is 0.115. The van der Waals surface area contributed by atoms with Crippen LogP contribution in [-0.4, -0.2) is 32.3 Å². The molecule has 0 fully saturated rings. The van der Waals surface area contributed by atoms with Crippen LogP contribution in [0.15, 0.2) is 59.8 Å². The highest BCUT2D eigenvalue weighted by Crippen LogP contribution is 2.20. The second-order valence-electron chi connectivity index (χ2n) is 6.67. The summed E-state index contributed by atoms with van der Waals surface area (Å²) in [6.45, 7) is 3.83. The molecule has 3 aromatic rings. The minimum Gasteiger partial charge on any atom is -0.342 e. The van der Waals surface area contributed by atoms with Crippen LogP contribution >= 0.6 is 11.8 Å². The Morgan fingerprint density at radius 2 is 1.86 bits per heavy atom. The molecule has 1 heterocycles. The number of nitrogens with zero attached hydrogens (tertiary/aromatic N) is 3. The van der Waals surface area contributed by atoms with Crippen LogP contribution in [0, 0.1) is 6.92 Å². The normalized spacial score (nSPS) is 11.7. The standard InChI is InChI=1S/C21H23N5O2S/c1-14-8-7-11-17(12-14)23-18(27)13-29-21-25-24-19(26(21)3)15(2)22-20(28)16-9-5-4-6-10-16/h4-12,15H,13H2,1-3H3,(H,22,28)(H,23,27)/t15-/m0/s1. The topological polar surface area (TPSA) is 88.9 Å². The molecule has 2 aromatic carbocycles. The predicted molar refractivity (Wildman–Crippen MR) is 114 cm³/mol. The van der Waals surface area contributed by atoms with Gasteiger partial charge in [0.25, 0.3) is 5.91 Å². The summed E-state index contributed by atoms with van der Waals surface area (Å²) in [6, 6.07) is 16.3. The van der Waals surface area contributed by atoms with Crippen LogP contribution in [0.1, 0.15) is 34.7 Å². The van der Waals surface area contributed by atoms with Gasteiger partial charge in [0.15, 0.2) is 11.0 Å². The van der Waals surface area contributed by atoms with Gasteiger partial charge >= 0.3 is 0 Å². The summed E-state index contributed by atoms with van der Waals surface area (Å²) >= 11 is 1.30. The fourth-order valence-corrected chi connectivity index (χ4v) is 3.53. The molecule has 0 radical (unpaired) electrons. The molecule has 0 saturated carbocycles. The number of aromatic nitrogens is 3. The first-order valence-electron chi connectivity index (χ1n) is 9.18. The van der Waals surface area contributed by atoms with Crippen LogP contribution in [0.2, 0.25) is 0 Å². The lowest BCUT2D eigenvalue weighted by Crippen LogP contribution is -2.28. The van der Waals surface area contributed by atoms with E-state index in [2.05, 4.69) is 20.8 Å². The Kier molecular flexibility index (Phi) is 6.66. The van der Waals surface area contributed by atoms with Crippen LogP contribution in [0.4, 0.5) is 5.69 Å². The Hall–Kier alpha value is -3.13. The quantitative estimate of drug-likeness (QED) is 0.584. The van der Waals surface area contributed by atoms with Crippen LogP contribution in [0.5, 0.6) is 0 Å². The highest BCUT2D eigenvalue weighted by Gasteiger charge is 2.19. The molecule has 0 saturated heterocycles. The van der Waals surface area contributed by atoms with Crippen LogP contribution < -0.4 is 10.6 Å². The SMILES string of the molecule is Cc1cccc(NC(=O)CSc2nnc([C@H](C)NC(=O)c3ccccc3)n2C)c1. The molecule has 8 heteroatoms. The van der Waals surface area contributed by atoms with Gasteiger partial charge in [-0.1, -0.05) is 42.1 Å². The molecule has 1 aromatic heterocycles. The first-order chi connectivity index (χ1) is 13.9. The Balaban J connectivity index is 1.57. The van der Waals surface area contributed by atoms with E-state index in [1.807, 2.05) is 63.4 Å². The number of hydrogen-bond acceptors (Lipinski definition) is 5. The van der Waals surface area contributed by atoms with Crippen molar-refractivity contribution in [3.63, 3.8) is 0 Å². The van der Waals surface area contributed by atoms with Gasteiger partial charge in [-0.05, 0) is 43.7 Å². The second kappa shape index (κ2) is 9.38. The van der Waals surface area contributed by atoms with Gasteiger partial charge < -0.3 is 15.2 Å². The van der Waals surface area contributed by atoms with E-state index in [0.717, 1.165) is 11.3 Å². The maximum absolute atomic E-state index is 12.3. The fourth-order valence-electron chi connectivity index (χ4n) is 2.81. The van der Waals surface area contributed by atoms with Crippen molar-refractivity contribution >= 4 is 29.3 Å². The Morgan fingerprint density at radius 3 is 2.59 bits per heavy atom. The highest BCUT2D eigenvalue weighted by atomic mass is 32.2. The van der Waals surface area contributed by atoms with Gasteiger partial charge in [0.05, 0.1) is 11.8 Å². The largest absolute Gasteiger partial charge is 0.342 e. The minimum atomic E-state index is -0.323. The van der Waals surface area contributed by atoms with Crippen molar-refractivity contribution in [1.82, 2.24) is 20.1 Å². The zero-order valence-corrected chi connectivity index (χ0v) is 17.4. The van der Waals surface area contributed by atoms with Crippen molar-refractivity contribution in [1.29, 1.82) is 0 Å². The lowest BCUT2D eigenvalue weighted by molar-refractivity contribution is -0.113. The van der Waals surface area contributed by atoms with E-state index in [9.17, 15) is 9.59 Å². The number of benzene rings is 2. The number of hydrogen-bond donors (Lipinski definition) is 2. The van der Waals surface area contributed by atoms with Gasteiger partial charge in [-0.3, -0.25) is 9.59 Å². The van der Waals surface area contributed by atoms with E-state index in [0.29, 0.717) is 16.5 Å². The van der Waals surface area contributed by atoms with E-state index in [-0.39, 0.29) is 23.6 Å². The number of nitrogens with one attached hydrogen (secondary N) is 2. The summed E-state index contributed by atoms with van der Waals surface area (Å²) in [5.74, 6) is 0.546. The number of anilines is 1. The van der Waals surface area contributed by atoms with Crippen LogP contribution in [0.25, 0.3) is 0 Å². The van der Waals surface area contributed by atoms with E-state index in [1.165, 1.54) is 11.8 Å². The van der Waals surface area contributed by atoms with Crippen molar-refractivity contribution in [2.75, 3.05) is 11.1 Å². The van der Waals surface area contributed by atoms with E-state index in [4.69, 9.17) is 0 Å². The number of rotatable bonds is 7. The number of carbonyl (C=O) groups is 2. The third-order valence-electron chi connectivity index (χ3n) is 4.27. The monoisotopic (exact) mass is 409 g/mol. The lowest BCUT2D eigenvalue weighted by atomic mass is 10.2. The zero-order valence-electron chi connectivity index (χ0n) is 16.5. The summed E-state index contributed by atoms with van der Waals surface area (Å²) < 4.78 is 1.79. The van der Waals surface area contributed by atoms with Gasteiger partial charge in [-0.25, -0.2) is 0 Å². The molecule has 0 spiro atoms. The zero-order chi connectivity index (χ0) is 20.8. The molecule has 29 heavy (non-hydrogen) atoms. The number of amides is 2. The molecular formula is C21H23N5O2S. The summed E-state index contributed by atoms with van der Waals surface area (Å²) in [5, 5.41) is 14.7. The Morgan fingerprint density at radius 1 is 1.10 bits per heavy atom. The van der Waals surface area contributed by atoms with Gasteiger partial charge in [-0.15, -0.1) is 10.2 Å². The summed E-state index contributed by atoms with van der Waals surface area (Å²) in [5.41, 5.74) is 2.44. The van der Waals surface area contributed by atoms with Gasteiger partial charge in [0.2, 0.25) is 5.91 Å². The maximum atomic E-state index is 12.3. The number of thioether (sulfide) groups is 1. The molecule has 0 aliphatic rings. The maximum Gasteiger partial charge on any atom is 0.251 e. The van der Waals surface area contributed by atoms with Gasteiger partial charge in [0, 0.05) is 18.3 Å². The summed E-state index contributed by atoms with van der Waals surface area (Å²) in [6.07, 6.45) is 0. The molecule has 7 nitrogen and oxygen atoms in total. The van der Waals surface area contributed by atoms with Crippen molar-refractivity contribution in [3.05, 3.63) is 71.5 Å². The average molecular weight is 410 g/mol. The van der Waals surface area contributed by atoms with E-state index < -0.39 is 0 Å². The molecule has 2 N–H and O–H groups in total. The van der Waals surface area contributed by atoms with Crippen molar-refractivity contribution < 1.29 is 9.59 Å². The molecule has 150 valence electrons. The molecular weight excluding hydrogens is 386 g/mol. The Bertz CT molecular complexity index is 1000. The van der Waals surface area contributed by atoms with Gasteiger partial charge in [-0.2, -0.15) is 0 Å². The smallest absolute Gasteiger partial charge is 0.251 e. The van der Waals surface area contributed by atoms with E-state index in [1.54, 1.807) is 16.7 Å². The summed E-state index contributed by atoms with van der Waals surface area (Å²) in [4.78, 5) is 24.5. The molecule has 1 atom stereocenters.